The number of carboxylic acid groups (broad SMARTS) is 2. The molecule has 6 heteroatoms. The fraction of sp³-hybridized carbons (Fsp3) is 0.357. The molecule has 0 unspecified atom stereocenters. The number of nitrogens with one attached hydrogen (secondary N) is 1. The SMILES string of the molecule is CCC(C)(C)C(=O)Nc1cc(C(=O)O)cc(C(=O)O)c1. The van der Waals surface area contributed by atoms with E-state index in [0.29, 0.717) is 6.42 Å². The molecule has 1 amide bonds. The Kier molecular flexibility index (Phi) is 4.49. The van der Waals surface area contributed by atoms with Gasteiger partial charge < -0.3 is 15.5 Å². The van der Waals surface area contributed by atoms with Gasteiger partial charge >= 0.3 is 11.9 Å². The Morgan fingerprint density at radius 1 is 1.05 bits per heavy atom. The number of hydrogen-bond donors (Lipinski definition) is 3. The highest BCUT2D eigenvalue weighted by Crippen LogP contribution is 2.23. The van der Waals surface area contributed by atoms with Gasteiger partial charge in [-0.2, -0.15) is 0 Å². The third kappa shape index (κ3) is 3.57. The van der Waals surface area contributed by atoms with E-state index in [2.05, 4.69) is 5.32 Å². The Morgan fingerprint density at radius 3 is 1.85 bits per heavy atom. The highest BCUT2D eigenvalue weighted by Gasteiger charge is 2.25. The van der Waals surface area contributed by atoms with Crippen LogP contribution in [-0.4, -0.2) is 28.1 Å². The molecule has 0 saturated heterocycles. The molecule has 0 fully saturated rings. The standard InChI is InChI=1S/C14H17NO5/c1-4-14(2,3)13(20)15-10-6-8(11(16)17)5-9(7-10)12(18)19/h5-7H,4H2,1-3H3,(H,15,20)(H,16,17)(H,18,19). The fourth-order valence-corrected chi connectivity index (χ4v) is 1.41. The van der Waals surface area contributed by atoms with Crippen LogP contribution in [0.5, 0.6) is 0 Å². The quantitative estimate of drug-likeness (QED) is 0.768. The van der Waals surface area contributed by atoms with E-state index in [1.165, 1.54) is 12.1 Å². The van der Waals surface area contributed by atoms with Gasteiger partial charge in [-0.25, -0.2) is 9.59 Å². The van der Waals surface area contributed by atoms with Crippen molar-refractivity contribution in [3.05, 3.63) is 29.3 Å². The predicted molar refractivity (Wildman–Crippen MR) is 73.1 cm³/mol. The molecule has 1 rings (SSSR count). The number of carboxylic acids is 2. The lowest BCUT2D eigenvalue weighted by Gasteiger charge is -2.21. The molecule has 0 radical (unpaired) electrons. The third-order valence-electron chi connectivity index (χ3n) is 3.18. The van der Waals surface area contributed by atoms with Crippen molar-refractivity contribution in [1.82, 2.24) is 0 Å². The third-order valence-corrected chi connectivity index (χ3v) is 3.18. The zero-order chi connectivity index (χ0) is 15.5. The van der Waals surface area contributed by atoms with Crippen LogP contribution in [0.4, 0.5) is 5.69 Å². The summed E-state index contributed by atoms with van der Waals surface area (Å²) in [7, 11) is 0. The van der Waals surface area contributed by atoms with Crippen LogP contribution >= 0.6 is 0 Å². The van der Waals surface area contributed by atoms with Crippen molar-refractivity contribution < 1.29 is 24.6 Å². The summed E-state index contributed by atoms with van der Waals surface area (Å²) in [6.07, 6.45) is 0.600. The first kappa shape index (κ1) is 15.7. The zero-order valence-electron chi connectivity index (χ0n) is 11.6. The Labute approximate surface area is 116 Å². The minimum absolute atomic E-state index is 0.161. The van der Waals surface area contributed by atoms with Gasteiger partial charge in [0.1, 0.15) is 0 Å². The Hall–Kier alpha value is -2.37. The van der Waals surface area contributed by atoms with Crippen molar-refractivity contribution >= 4 is 23.5 Å². The number of rotatable bonds is 5. The number of benzene rings is 1. The lowest BCUT2D eigenvalue weighted by atomic mass is 9.89. The van der Waals surface area contributed by atoms with Gasteiger partial charge in [-0.05, 0) is 24.6 Å². The van der Waals surface area contributed by atoms with Crippen LogP contribution in [0.15, 0.2) is 18.2 Å². The summed E-state index contributed by atoms with van der Waals surface area (Å²) in [6, 6.07) is 3.52. The van der Waals surface area contributed by atoms with E-state index in [1.54, 1.807) is 13.8 Å². The molecule has 0 aliphatic heterocycles. The van der Waals surface area contributed by atoms with Crippen LogP contribution in [0.3, 0.4) is 0 Å². The maximum Gasteiger partial charge on any atom is 0.335 e. The van der Waals surface area contributed by atoms with E-state index < -0.39 is 17.4 Å². The molecule has 0 aromatic heterocycles. The molecule has 108 valence electrons. The molecule has 20 heavy (non-hydrogen) atoms. The van der Waals surface area contributed by atoms with E-state index in [9.17, 15) is 14.4 Å². The highest BCUT2D eigenvalue weighted by atomic mass is 16.4. The summed E-state index contributed by atoms with van der Waals surface area (Å²) in [5, 5.41) is 20.5. The number of aromatic carboxylic acids is 2. The molecule has 1 aromatic carbocycles. The summed E-state index contributed by atoms with van der Waals surface area (Å²) in [6.45, 7) is 5.36. The highest BCUT2D eigenvalue weighted by molar-refractivity contribution is 5.99. The molecule has 0 atom stereocenters. The van der Waals surface area contributed by atoms with Crippen molar-refractivity contribution in [3.63, 3.8) is 0 Å². The normalized spacial score (nSPS) is 10.9. The minimum Gasteiger partial charge on any atom is -0.478 e. The van der Waals surface area contributed by atoms with E-state index in [-0.39, 0.29) is 22.7 Å². The van der Waals surface area contributed by atoms with Crippen LogP contribution in [0, 0.1) is 5.41 Å². The Bertz CT molecular complexity index is 530. The predicted octanol–water partition coefficient (Wildman–Crippen LogP) is 2.46. The lowest BCUT2D eigenvalue weighted by molar-refractivity contribution is -0.124. The van der Waals surface area contributed by atoms with Crippen LogP contribution in [0.1, 0.15) is 47.9 Å². The van der Waals surface area contributed by atoms with Gasteiger partial charge in [0, 0.05) is 11.1 Å². The first-order valence-electron chi connectivity index (χ1n) is 6.10. The summed E-state index contributed by atoms with van der Waals surface area (Å²) in [5.41, 5.74) is -0.833. The second-order valence-corrected chi connectivity index (χ2v) is 5.10. The number of amides is 1. The van der Waals surface area contributed by atoms with E-state index in [4.69, 9.17) is 10.2 Å². The molecule has 3 N–H and O–H groups in total. The van der Waals surface area contributed by atoms with Crippen molar-refractivity contribution in [3.8, 4) is 0 Å². The van der Waals surface area contributed by atoms with Crippen LogP contribution < -0.4 is 5.32 Å². The smallest absolute Gasteiger partial charge is 0.335 e. The van der Waals surface area contributed by atoms with Gasteiger partial charge in [-0.1, -0.05) is 20.8 Å². The number of carbonyl (C=O) groups excluding carboxylic acids is 1. The summed E-state index contributed by atoms with van der Waals surface area (Å²) >= 11 is 0. The maximum atomic E-state index is 12.0. The number of anilines is 1. The summed E-state index contributed by atoms with van der Waals surface area (Å²) in [5.74, 6) is -2.80. The molecule has 0 aliphatic rings. The largest absolute Gasteiger partial charge is 0.478 e. The molecule has 0 spiro atoms. The van der Waals surface area contributed by atoms with Gasteiger partial charge in [0.25, 0.3) is 0 Å². The van der Waals surface area contributed by atoms with E-state index in [1.807, 2.05) is 6.92 Å². The van der Waals surface area contributed by atoms with E-state index in [0.717, 1.165) is 6.07 Å². The van der Waals surface area contributed by atoms with Gasteiger partial charge in [0.2, 0.25) is 5.91 Å². The molecular formula is C14H17NO5. The lowest BCUT2D eigenvalue weighted by Crippen LogP contribution is -2.30. The second-order valence-electron chi connectivity index (χ2n) is 5.10. The van der Waals surface area contributed by atoms with Crippen molar-refractivity contribution in [2.24, 2.45) is 5.41 Å². The Balaban J connectivity index is 3.15. The number of carbonyl (C=O) groups is 3. The summed E-state index contributed by atoms with van der Waals surface area (Å²) in [4.78, 5) is 33.9. The zero-order valence-corrected chi connectivity index (χ0v) is 11.6. The monoisotopic (exact) mass is 279 g/mol. The molecule has 0 aliphatic carbocycles. The molecule has 6 nitrogen and oxygen atoms in total. The molecule has 0 bridgehead atoms. The van der Waals surface area contributed by atoms with Gasteiger partial charge in [-0.15, -0.1) is 0 Å². The molecule has 0 heterocycles. The maximum absolute atomic E-state index is 12.0. The number of hydrogen-bond acceptors (Lipinski definition) is 3. The first-order valence-corrected chi connectivity index (χ1v) is 6.10. The topological polar surface area (TPSA) is 104 Å². The molecule has 0 saturated carbocycles. The van der Waals surface area contributed by atoms with Gasteiger partial charge in [0.15, 0.2) is 0 Å². The van der Waals surface area contributed by atoms with Crippen LogP contribution in [-0.2, 0) is 4.79 Å². The van der Waals surface area contributed by atoms with Crippen molar-refractivity contribution in [1.29, 1.82) is 0 Å². The minimum atomic E-state index is -1.25. The first-order chi connectivity index (χ1) is 9.17. The van der Waals surface area contributed by atoms with Crippen molar-refractivity contribution in [2.75, 3.05) is 5.32 Å². The fourth-order valence-electron chi connectivity index (χ4n) is 1.41. The Morgan fingerprint density at radius 2 is 1.50 bits per heavy atom. The van der Waals surface area contributed by atoms with Crippen LogP contribution in [0.2, 0.25) is 0 Å². The molecule has 1 aromatic rings. The average Bonchev–Trinajstić information content (AvgIpc) is 2.38. The van der Waals surface area contributed by atoms with Gasteiger partial charge in [0.05, 0.1) is 11.1 Å². The second kappa shape index (κ2) is 5.73. The van der Waals surface area contributed by atoms with Crippen LogP contribution in [0.25, 0.3) is 0 Å². The molecular weight excluding hydrogens is 262 g/mol. The van der Waals surface area contributed by atoms with Crippen molar-refractivity contribution in [2.45, 2.75) is 27.2 Å². The van der Waals surface area contributed by atoms with E-state index >= 15 is 0 Å². The summed E-state index contributed by atoms with van der Waals surface area (Å²) < 4.78 is 0. The average molecular weight is 279 g/mol. The van der Waals surface area contributed by atoms with Gasteiger partial charge in [-0.3, -0.25) is 4.79 Å².